The Labute approximate surface area is 120 Å². The quantitative estimate of drug-likeness (QED) is 0.900. The molecular formula is C13H16BrNO4. The SMILES string of the molecule is CCC(C(=O)O)N(C)C(=O)c1ccc(Br)cc1OC. The van der Waals surface area contributed by atoms with Crippen LogP contribution in [0.25, 0.3) is 0 Å². The first-order valence-corrected chi connectivity index (χ1v) is 6.55. The number of methoxy groups -OCH3 is 1. The van der Waals surface area contributed by atoms with E-state index in [4.69, 9.17) is 9.84 Å². The van der Waals surface area contributed by atoms with Crippen molar-refractivity contribution in [1.82, 2.24) is 4.90 Å². The number of aliphatic carboxylic acids is 1. The summed E-state index contributed by atoms with van der Waals surface area (Å²) in [5, 5.41) is 9.08. The number of carboxylic acids is 1. The molecular weight excluding hydrogens is 314 g/mol. The third-order valence-corrected chi connectivity index (χ3v) is 3.35. The van der Waals surface area contributed by atoms with Crippen LogP contribution in [-0.4, -0.2) is 42.1 Å². The normalized spacial score (nSPS) is 11.8. The molecule has 1 rings (SSSR count). The Bertz CT molecular complexity index is 490. The molecule has 0 spiro atoms. The van der Waals surface area contributed by atoms with E-state index in [-0.39, 0.29) is 5.91 Å². The molecule has 0 radical (unpaired) electrons. The minimum Gasteiger partial charge on any atom is -0.496 e. The highest BCUT2D eigenvalue weighted by atomic mass is 79.9. The standard InChI is InChI=1S/C13H16BrNO4/c1-4-10(13(17)18)15(2)12(16)9-6-5-8(14)7-11(9)19-3/h5-7,10H,4H2,1-3H3,(H,17,18). The molecule has 5 nitrogen and oxygen atoms in total. The zero-order chi connectivity index (χ0) is 14.6. The Morgan fingerprint density at radius 2 is 2.11 bits per heavy atom. The lowest BCUT2D eigenvalue weighted by Gasteiger charge is -2.24. The van der Waals surface area contributed by atoms with E-state index in [1.807, 2.05) is 0 Å². The number of amides is 1. The van der Waals surface area contributed by atoms with Gasteiger partial charge in [-0.3, -0.25) is 4.79 Å². The minimum atomic E-state index is -1.02. The van der Waals surface area contributed by atoms with Crippen molar-refractivity contribution in [2.45, 2.75) is 19.4 Å². The summed E-state index contributed by atoms with van der Waals surface area (Å²) in [7, 11) is 2.94. The van der Waals surface area contributed by atoms with Gasteiger partial charge < -0.3 is 14.7 Å². The van der Waals surface area contributed by atoms with Crippen molar-refractivity contribution in [2.75, 3.05) is 14.2 Å². The summed E-state index contributed by atoms with van der Waals surface area (Å²) in [5.41, 5.74) is 0.341. The number of rotatable bonds is 5. The highest BCUT2D eigenvalue weighted by molar-refractivity contribution is 9.10. The van der Waals surface area contributed by atoms with Gasteiger partial charge in [-0.15, -0.1) is 0 Å². The van der Waals surface area contributed by atoms with E-state index in [0.29, 0.717) is 17.7 Å². The van der Waals surface area contributed by atoms with E-state index < -0.39 is 12.0 Å². The second kappa shape index (κ2) is 6.56. The molecule has 6 heteroatoms. The van der Waals surface area contributed by atoms with Crippen molar-refractivity contribution in [3.8, 4) is 5.75 Å². The number of ether oxygens (including phenoxy) is 1. The van der Waals surface area contributed by atoms with Crippen LogP contribution < -0.4 is 4.74 Å². The number of benzene rings is 1. The average molecular weight is 330 g/mol. The van der Waals surface area contributed by atoms with Crippen molar-refractivity contribution in [2.24, 2.45) is 0 Å². The maximum absolute atomic E-state index is 12.3. The van der Waals surface area contributed by atoms with Crippen LogP contribution in [0, 0.1) is 0 Å². The summed E-state index contributed by atoms with van der Waals surface area (Å²) in [6, 6.07) is 4.14. The fourth-order valence-corrected chi connectivity index (χ4v) is 2.13. The molecule has 1 unspecified atom stereocenters. The summed E-state index contributed by atoms with van der Waals surface area (Å²) in [5.74, 6) is -0.987. The minimum absolute atomic E-state index is 0.341. The summed E-state index contributed by atoms with van der Waals surface area (Å²) in [6.07, 6.45) is 0.344. The lowest BCUT2D eigenvalue weighted by Crippen LogP contribution is -2.42. The van der Waals surface area contributed by atoms with Crippen LogP contribution in [0.1, 0.15) is 23.7 Å². The van der Waals surface area contributed by atoms with E-state index in [2.05, 4.69) is 15.9 Å². The Morgan fingerprint density at radius 3 is 2.58 bits per heavy atom. The molecule has 0 bridgehead atoms. The Hall–Kier alpha value is -1.56. The second-order valence-electron chi connectivity index (χ2n) is 4.02. The fourth-order valence-electron chi connectivity index (χ4n) is 1.79. The van der Waals surface area contributed by atoms with Crippen molar-refractivity contribution < 1.29 is 19.4 Å². The van der Waals surface area contributed by atoms with Gasteiger partial charge in [0.2, 0.25) is 0 Å². The predicted molar refractivity (Wildman–Crippen MR) is 74.5 cm³/mol. The van der Waals surface area contributed by atoms with E-state index in [1.54, 1.807) is 25.1 Å². The van der Waals surface area contributed by atoms with Gasteiger partial charge in [-0.05, 0) is 24.6 Å². The Kier molecular flexibility index (Phi) is 5.35. The highest BCUT2D eigenvalue weighted by Crippen LogP contribution is 2.25. The van der Waals surface area contributed by atoms with E-state index in [9.17, 15) is 9.59 Å². The number of nitrogens with zero attached hydrogens (tertiary/aromatic N) is 1. The average Bonchev–Trinajstić information content (AvgIpc) is 2.37. The number of carbonyl (C=O) groups is 2. The molecule has 0 aromatic heterocycles. The van der Waals surface area contributed by atoms with Crippen LogP contribution in [0.15, 0.2) is 22.7 Å². The van der Waals surface area contributed by atoms with Crippen molar-refractivity contribution in [3.63, 3.8) is 0 Å². The van der Waals surface area contributed by atoms with Gasteiger partial charge in [0.25, 0.3) is 5.91 Å². The van der Waals surface area contributed by atoms with E-state index in [0.717, 1.165) is 4.47 Å². The maximum Gasteiger partial charge on any atom is 0.326 e. The van der Waals surface area contributed by atoms with E-state index >= 15 is 0 Å². The lowest BCUT2D eigenvalue weighted by molar-refractivity contribution is -0.142. The van der Waals surface area contributed by atoms with Gasteiger partial charge in [-0.25, -0.2) is 4.79 Å². The molecule has 0 saturated heterocycles. The molecule has 1 atom stereocenters. The summed E-state index contributed by atoms with van der Waals surface area (Å²) < 4.78 is 5.93. The zero-order valence-corrected chi connectivity index (χ0v) is 12.6. The topological polar surface area (TPSA) is 66.8 Å². The lowest BCUT2D eigenvalue weighted by atomic mass is 10.1. The van der Waals surface area contributed by atoms with Crippen LogP contribution >= 0.6 is 15.9 Å². The summed E-state index contributed by atoms with van der Waals surface area (Å²) in [4.78, 5) is 24.6. The molecule has 0 saturated carbocycles. The van der Waals surface area contributed by atoms with Gasteiger partial charge in [0.15, 0.2) is 0 Å². The van der Waals surface area contributed by atoms with Gasteiger partial charge in [-0.1, -0.05) is 22.9 Å². The summed E-state index contributed by atoms with van der Waals surface area (Å²) in [6.45, 7) is 1.72. The fraction of sp³-hybridized carbons (Fsp3) is 0.385. The molecule has 19 heavy (non-hydrogen) atoms. The van der Waals surface area contributed by atoms with Gasteiger partial charge in [-0.2, -0.15) is 0 Å². The molecule has 0 fully saturated rings. The molecule has 0 aliphatic heterocycles. The maximum atomic E-state index is 12.3. The molecule has 0 aliphatic rings. The first-order chi connectivity index (χ1) is 8.92. The van der Waals surface area contributed by atoms with Crippen LogP contribution in [0.5, 0.6) is 5.75 Å². The molecule has 0 aliphatic carbocycles. The van der Waals surface area contributed by atoms with Crippen LogP contribution in [0.3, 0.4) is 0 Å². The monoisotopic (exact) mass is 329 g/mol. The van der Waals surface area contributed by atoms with Crippen LogP contribution in [0.2, 0.25) is 0 Å². The van der Waals surface area contributed by atoms with Gasteiger partial charge in [0.1, 0.15) is 11.8 Å². The van der Waals surface area contributed by atoms with Crippen LogP contribution in [0.4, 0.5) is 0 Å². The number of carbonyl (C=O) groups excluding carboxylic acids is 1. The van der Waals surface area contributed by atoms with E-state index in [1.165, 1.54) is 19.1 Å². The van der Waals surface area contributed by atoms with Crippen molar-refractivity contribution in [3.05, 3.63) is 28.2 Å². The molecule has 104 valence electrons. The van der Waals surface area contributed by atoms with Gasteiger partial charge in [0, 0.05) is 11.5 Å². The number of carboxylic acid groups (broad SMARTS) is 1. The molecule has 1 N–H and O–H groups in total. The predicted octanol–water partition coefficient (Wildman–Crippen LogP) is 2.39. The molecule has 1 aromatic carbocycles. The Balaban J connectivity index is 3.09. The van der Waals surface area contributed by atoms with Crippen molar-refractivity contribution >= 4 is 27.8 Å². The number of halogens is 1. The van der Waals surface area contributed by atoms with Crippen molar-refractivity contribution in [1.29, 1.82) is 0 Å². The smallest absolute Gasteiger partial charge is 0.326 e. The van der Waals surface area contributed by atoms with Gasteiger partial charge >= 0.3 is 5.97 Å². The first-order valence-electron chi connectivity index (χ1n) is 5.75. The van der Waals surface area contributed by atoms with Gasteiger partial charge in [0.05, 0.1) is 12.7 Å². The molecule has 0 heterocycles. The highest BCUT2D eigenvalue weighted by Gasteiger charge is 2.27. The largest absolute Gasteiger partial charge is 0.496 e. The second-order valence-corrected chi connectivity index (χ2v) is 4.94. The summed E-state index contributed by atoms with van der Waals surface area (Å²) >= 11 is 3.29. The first kappa shape index (κ1) is 15.5. The molecule has 1 amide bonds. The number of likely N-dealkylation sites (N-methyl/N-ethyl adjacent to an activating group) is 1. The Morgan fingerprint density at radius 1 is 1.47 bits per heavy atom. The molecule has 1 aromatic rings. The third kappa shape index (κ3) is 3.47. The number of hydrogen-bond donors (Lipinski definition) is 1. The number of hydrogen-bond acceptors (Lipinski definition) is 3. The zero-order valence-electron chi connectivity index (χ0n) is 11.0. The third-order valence-electron chi connectivity index (χ3n) is 2.85. The van der Waals surface area contributed by atoms with Crippen LogP contribution in [-0.2, 0) is 4.79 Å².